The maximum Gasteiger partial charge on any atom is 0.266 e. The van der Waals surface area contributed by atoms with Crippen molar-refractivity contribution in [2.75, 3.05) is 0 Å². The molecule has 4 rings (SSSR count). The quantitative estimate of drug-likeness (QED) is 0.406. The largest absolute Gasteiger partial charge is 0.269 e. The zero-order valence-corrected chi connectivity index (χ0v) is 20.8. The van der Waals surface area contributed by atoms with Crippen molar-refractivity contribution in [3.8, 4) is 5.69 Å². The molecule has 0 bridgehead atoms. The first-order chi connectivity index (χ1) is 16.1. The van der Waals surface area contributed by atoms with E-state index in [1.54, 1.807) is 12.1 Å². The normalized spacial score (nSPS) is 12.8. The summed E-state index contributed by atoms with van der Waals surface area (Å²) in [6.07, 6.45) is 3.20. The van der Waals surface area contributed by atoms with Crippen LogP contribution < -0.4 is 22.2 Å². The molecular weight excluding hydrogens is 428 g/mol. The Kier molecular flexibility index (Phi) is 5.75. The van der Waals surface area contributed by atoms with Gasteiger partial charge in [-0.1, -0.05) is 46.8 Å². The van der Waals surface area contributed by atoms with Crippen LogP contribution in [0.4, 0.5) is 0 Å². The minimum Gasteiger partial charge on any atom is -0.269 e. The molecule has 0 N–H and O–H groups in total. The van der Waals surface area contributed by atoms with E-state index in [0.717, 1.165) is 23.0 Å². The van der Waals surface area contributed by atoms with Crippen LogP contribution in [0.2, 0.25) is 0 Å². The highest BCUT2D eigenvalue weighted by atomic mass is 16.2. The Morgan fingerprint density at radius 1 is 0.618 bits per heavy atom. The summed E-state index contributed by atoms with van der Waals surface area (Å²) in [5.41, 5.74) is -0.722. The number of fused-ring (bicyclic) bond motifs is 2. The molecule has 2 aromatic heterocycles. The van der Waals surface area contributed by atoms with Crippen LogP contribution in [0.15, 0.2) is 55.6 Å². The van der Waals surface area contributed by atoms with Gasteiger partial charge < -0.3 is 0 Å². The maximum atomic E-state index is 13.3. The fraction of sp³-hybridized carbons (Fsp3) is 0.429. The smallest absolute Gasteiger partial charge is 0.266 e. The summed E-state index contributed by atoms with van der Waals surface area (Å²) in [4.78, 5) is 52.9. The molecule has 0 saturated heterocycles. The summed E-state index contributed by atoms with van der Waals surface area (Å²) in [6, 6.07) is 10.4. The van der Waals surface area contributed by atoms with Crippen LogP contribution >= 0.6 is 0 Å². The van der Waals surface area contributed by atoms with Gasteiger partial charge in [0.1, 0.15) is 0 Å². The van der Waals surface area contributed by atoms with E-state index in [1.165, 1.54) is 16.7 Å². The molecule has 0 radical (unpaired) electrons. The number of hydrogen-bond acceptors (Lipinski definition) is 4. The third-order valence-corrected chi connectivity index (χ3v) is 8.34. The Morgan fingerprint density at radius 3 is 1.41 bits per heavy atom. The lowest BCUT2D eigenvalue weighted by molar-refractivity contribution is 0.282. The predicted octanol–water partition coefficient (Wildman–Crippen LogP) is 4.51. The lowest BCUT2D eigenvalue weighted by Crippen LogP contribution is -2.42. The summed E-state index contributed by atoms with van der Waals surface area (Å²) in [5.74, 6) is 0. The molecule has 0 fully saturated rings. The molecule has 6 heteroatoms. The van der Waals surface area contributed by atoms with Crippen molar-refractivity contribution in [2.24, 2.45) is 0 Å². The fourth-order valence-electron chi connectivity index (χ4n) is 4.94. The molecule has 0 saturated carbocycles. The average molecular weight is 461 g/mol. The van der Waals surface area contributed by atoms with Crippen molar-refractivity contribution in [1.29, 1.82) is 0 Å². The van der Waals surface area contributed by atoms with Gasteiger partial charge in [0, 0.05) is 5.54 Å². The lowest BCUT2D eigenvalue weighted by atomic mass is 9.78. The van der Waals surface area contributed by atoms with Gasteiger partial charge in [-0.05, 0) is 67.9 Å². The van der Waals surface area contributed by atoms with Gasteiger partial charge in [0.25, 0.3) is 22.2 Å². The van der Waals surface area contributed by atoms with Crippen molar-refractivity contribution in [2.45, 2.75) is 78.2 Å². The molecule has 0 aliphatic rings. The Labute approximate surface area is 198 Å². The Morgan fingerprint density at radius 2 is 1.03 bits per heavy atom. The second-order valence-corrected chi connectivity index (χ2v) is 9.85. The molecule has 0 aliphatic carbocycles. The third kappa shape index (κ3) is 3.23. The first kappa shape index (κ1) is 23.9. The van der Waals surface area contributed by atoms with Crippen molar-refractivity contribution >= 4 is 21.5 Å². The maximum absolute atomic E-state index is 13.3. The van der Waals surface area contributed by atoms with E-state index < -0.39 is 27.8 Å². The highest BCUT2D eigenvalue weighted by Gasteiger charge is 2.29. The zero-order chi connectivity index (χ0) is 25.0. The highest BCUT2D eigenvalue weighted by molar-refractivity contribution is 5.98. The van der Waals surface area contributed by atoms with Crippen molar-refractivity contribution in [3.63, 3.8) is 0 Å². The van der Waals surface area contributed by atoms with Gasteiger partial charge in [0.2, 0.25) is 0 Å². The fourth-order valence-corrected chi connectivity index (χ4v) is 4.94. The topological polar surface area (TPSA) is 78.1 Å². The lowest BCUT2D eigenvalue weighted by Gasteiger charge is -2.27. The first-order valence-corrected chi connectivity index (χ1v) is 12.1. The van der Waals surface area contributed by atoms with Gasteiger partial charge in [0.15, 0.2) is 0 Å². The van der Waals surface area contributed by atoms with Crippen LogP contribution in [-0.2, 0) is 11.0 Å². The molecule has 34 heavy (non-hydrogen) atoms. The predicted molar refractivity (Wildman–Crippen MR) is 138 cm³/mol. The molecule has 0 aliphatic heterocycles. The van der Waals surface area contributed by atoms with Crippen LogP contribution in [0.25, 0.3) is 27.2 Å². The van der Waals surface area contributed by atoms with E-state index in [0.29, 0.717) is 18.5 Å². The van der Waals surface area contributed by atoms with Gasteiger partial charge in [-0.15, -0.1) is 0 Å². The monoisotopic (exact) mass is 460 g/mol. The van der Waals surface area contributed by atoms with Gasteiger partial charge in [-0.3, -0.25) is 23.7 Å². The highest BCUT2D eigenvalue weighted by Crippen LogP contribution is 2.31. The molecule has 4 aromatic rings. The van der Waals surface area contributed by atoms with Crippen LogP contribution in [-0.4, -0.2) is 9.13 Å². The Hall–Kier alpha value is -3.28. The van der Waals surface area contributed by atoms with E-state index in [9.17, 15) is 19.2 Å². The number of aromatic nitrogens is 2. The van der Waals surface area contributed by atoms with E-state index in [4.69, 9.17) is 0 Å². The van der Waals surface area contributed by atoms with Gasteiger partial charge in [0.05, 0.1) is 27.2 Å². The van der Waals surface area contributed by atoms with E-state index >= 15 is 0 Å². The average Bonchev–Trinajstić information content (AvgIpc) is 3.26. The summed E-state index contributed by atoms with van der Waals surface area (Å²) in [7, 11) is 0. The molecule has 0 unspecified atom stereocenters. The number of nitrogens with zero attached hydrogens (tertiary/aromatic N) is 2. The molecule has 0 amide bonds. The first-order valence-electron chi connectivity index (χ1n) is 12.1. The summed E-state index contributed by atoms with van der Waals surface area (Å²) in [6.45, 7) is 12.2. The van der Waals surface area contributed by atoms with E-state index in [-0.39, 0.29) is 27.0 Å². The molecule has 178 valence electrons. The number of rotatable bonds is 7. The van der Waals surface area contributed by atoms with E-state index in [2.05, 4.69) is 20.8 Å². The summed E-state index contributed by atoms with van der Waals surface area (Å²) < 4.78 is 2.42. The second kappa shape index (κ2) is 8.19. The molecule has 2 heterocycles. The van der Waals surface area contributed by atoms with Gasteiger partial charge in [-0.2, -0.15) is 0 Å². The van der Waals surface area contributed by atoms with E-state index in [1.807, 2.05) is 32.9 Å². The van der Waals surface area contributed by atoms with Crippen LogP contribution in [0.5, 0.6) is 0 Å². The second-order valence-electron chi connectivity index (χ2n) is 9.85. The minimum atomic E-state index is -0.620. The summed E-state index contributed by atoms with van der Waals surface area (Å²) in [5, 5.41) is 0.712. The number of benzene rings is 2. The van der Waals surface area contributed by atoms with Crippen LogP contribution in [0.3, 0.4) is 0 Å². The van der Waals surface area contributed by atoms with Gasteiger partial charge in [-0.25, -0.2) is 4.57 Å². The Bertz CT molecular complexity index is 1510. The van der Waals surface area contributed by atoms with Crippen molar-refractivity contribution < 1.29 is 0 Å². The van der Waals surface area contributed by atoms with Crippen LogP contribution in [0, 0.1) is 0 Å². The summed E-state index contributed by atoms with van der Waals surface area (Å²) >= 11 is 0. The minimum absolute atomic E-state index is 0.0272. The molecule has 2 aromatic carbocycles. The van der Waals surface area contributed by atoms with Gasteiger partial charge >= 0.3 is 0 Å². The van der Waals surface area contributed by atoms with Crippen LogP contribution in [0.1, 0.15) is 72.8 Å². The molecule has 0 atom stereocenters. The Balaban J connectivity index is 1.95. The number of hydrogen-bond donors (Lipinski definition) is 0. The van der Waals surface area contributed by atoms with Crippen molar-refractivity contribution in [3.05, 3.63) is 83.4 Å². The molecule has 0 spiro atoms. The zero-order valence-electron chi connectivity index (χ0n) is 20.8. The SMILES string of the molecule is CCC(C)(CC)c1ccc(-n2c(=O)c3cc4c(=O)n(C(C)(CC)CC)c(=O)c4cc3c2=O)cc1. The van der Waals surface area contributed by atoms with Crippen molar-refractivity contribution in [1.82, 2.24) is 9.13 Å². The standard InChI is InChI=1S/C28H32N2O4/c1-7-27(5,8-2)17-11-13-18(14-12-17)29-23(31)19-15-21-22(16-20(19)24(29)32)26(34)30(25(21)33)28(6,9-3)10-4/h11-16H,7-10H2,1-6H3. The molecule has 6 nitrogen and oxygen atoms in total. The third-order valence-electron chi connectivity index (χ3n) is 8.34. The molecular formula is C28H32N2O4.